The van der Waals surface area contributed by atoms with Gasteiger partial charge in [0.2, 0.25) is 0 Å². The first-order chi connectivity index (χ1) is 15.5. The topological polar surface area (TPSA) is 57.8 Å². The number of amides is 1. The zero-order chi connectivity index (χ0) is 22.7. The van der Waals surface area contributed by atoms with E-state index in [0.29, 0.717) is 17.3 Å². The zero-order valence-corrected chi connectivity index (χ0v) is 18.6. The van der Waals surface area contributed by atoms with E-state index in [1.165, 1.54) is 0 Å². The molecule has 1 heterocycles. The number of nitriles is 1. The van der Waals surface area contributed by atoms with E-state index in [4.69, 9.17) is 11.6 Å². The van der Waals surface area contributed by atoms with Crippen LogP contribution < -0.4 is 5.32 Å². The van der Waals surface area contributed by atoms with Crippen LogP contribution in [0.2, 0.25) is 5.02 Å². The lowest BCUT2D eigenvalue weighted by Gasteiger charge is -2.07. The summed E-state index contributed by atoms with van der Waals surface area (Å²) in [6, 6.07) is 23.4. The highest BCUT2D eigenvalue weighted by Gasteiger charge is 2.14. The van der Waals surface area contributed by atoms with Crippen LogP contribution in [0.15, 0.2) is 78.5 Å². The molecule has 158 valence electrons. The quantitative estimate of drug-likeness (QED) is 0.285. The SMILES string of the molecule is Cc1ccc(NC(=O)C(C#N)=Cc2cn(Cc3ccccc3Cl)c3ccccc23)cc1C. The van der Waals surface area contributed by atoms with Crippen LogP contribution in [0.25, 0.3) is 17.0 Å². The molecular weight excluding hydrogens is 418 g/mol. The molecule has 0 fully saturated rings. The number of hydrogen-bond donors (Lipinski definition) is 1. The minimum absolute atomic E-state index is 0.0453. The second-order valence-electron chi connectivity index (χ2n) is 7.74. The maximum Gasteiger partial charge on any atom is 0.266 e. The number of nitrogens with zero attached hydrogens (tertiary/aromatic N) is 2. The monoisotopic (exact) mass is 439 g/mol. The Morgan fingerprint density at radius 3 is 2.56 bits per heavy atom. The van der Waals surface area contributed by atoms with Crippen molar-refractivity contribution >= 4 is 40.2 Å². The van der Waals surface area contributed by atoms with Crippen LogP contribution >= 0.6 is 11.6 Å². The van der Waals surface area contributed by atoms with Gasteiger partial charge < -0.3 is 9.88 Å². The largest absolute Gasteiger partial charge is 0.342 e. The molecule has 0 aliphatic heterocycles. The van der Waals surface area contributed by atoms with Gasteiger partial charge in [0.15, 0.2) is 0 Å². The third kappa shape index (κ3) is 4.44. The third-order valence-corrected chi connectivity index (χ3v) is 5.92. The van der Waals surface area contributed by atoms with Crippen molar-refractivity contribution in [3.63, 3.8) is 0 Å². The summed E-state index contributed by atoms with van der Waals surface area (Å²) >= 11 is 6.36. The van der Waals surface area contributed by atoms with Gasteiger partial charge in [0.25, 0.3) is 5.91 Å². The number of rotatable bonds is 5. The van der Waals surface area contributed by atoms with Crippen LogP contribution in [0.3, 0.4) is 0 Å². The molecule has 1 N–H and O–H groups in total. The number of halogens is 1. The maximum atomic E-state index is 12.8. The smallest absolute Gasteiger partial charge is 0.266 e. The number of hydrogen-bond acceptors (Lipinski definition) is 2. The Hall–Kier alpha value is -3.81. The van der Waals surface area contributed by atoms with Gasteiger partial charge >= 0.3 is 0 Å². The van der Waals surface area contributed by atoms with Gasteiger partial charge in [-0.2, -0.15) is 5.26 Å². The molecule has 0 aliphatic rings. The molecule has 1 aromatic heterocycles. The highest BCUT2D eigenvalue weighted by molar-refractivity contribution is 6.31. The Bertz CT molecular complexity index is 1390. The Kier molecular flexibility index (Phi) is 6.11. The summed E-state index contributed by atoms with van der Waals surface area (Å²) in [5, 5.41) is 14.2. The fourth-order valence-corrected chi connectivity index (χ4v) is 3.85. The van der Waals surface area contributed by atoms with Crippen molar-refractivity contribution in [2.75, 3.05) is 5.32 Å². The van der Waals surface area contributed by atoms with Gasteiger partial charge in [0.05, 0.1) is 0 Å². The molecule has 4 aromatic rings. The number of benzene rings is 3. The lowest BCUT2D eigenvalue weighted by Crippen LogP contribution is -2.13. The molecule has 0 radical (unpaired) electrons. The van der Waals surface area contributed by atoms with Crippen molar-refractivity contribution in [2.24, 2.45) is 0 Å². The lowest BCUT2D eigenvalue weighted by atomic mass is 10.1. The maximum absolute atomic E-state index is 12.8. The molecule has 5 heteroatoms. The van der Waals surface area contributed by atoms with Crippen LogP contribution in [0.5, 0.6) is 0 Å². The molecule has 1 amide bonds. The van der Waals surface area contributed by atoms with Gasteiger partial charge in [-0.05, 0) is 60.9 Å². The summed E-state index contributed by atoms with van der Waals surface area (Å²) in [5.74, 6) is -0.432. The van der Waals surface area contributed by atoms with Gasteiger partial charge in [-0.15, -0.1) is 0 Å². The first-order valence-corrected chi connectivity index (χ1v) is 10.7. The summed E-state index contributed by atoms with van der Waals surface area (Å²) < 4.78 is 2.08. The molecule has 32 heavy (non-hydrogen) atoms. The van der Waals surface area contributed by atoms with Crippen LogP contribution in [0, 0.1) is 25.2 Å². The van der Waals surface area contributed by atoms with Gasteiger partial charge in [-0.25, -0.2) is 0 Å². The van der Waals surface area contributed by atoms with Gasteiger partial charge in [-0.1, -0.05) is 54.1 Å². The standard InChI is InChI=1S/C27H22ClN3O/c1-18-11-12-23(13-19(18)2)30-27(32)21(15-29)14-22-17-31(26-10-6-4-8-24(22)26)16-20-7-3-5-9-25(20)28/h3-14,17H,16H2,1-2H3,(H,30,32). The molecule has 4 nitrogen and oxygen atoms in total. The number of nitrogens with one attached hydrogen (secondary N) is 1. The van der Waals surface area contributed by atoms with Crippen LogP contribution in [-0.4, -0.2) is 10.5 Å². The molecular formula is C27H22ClN3O. The van der Waals surface area contributed by atoms with Gasteiger partial charge in [-0.3, -0.25) is 4.79 Å². The van der Waals surface area contributed by atoms with Gasteiger partial charge in [0, 0.05) is 39.9 Å². The van der Waals surface area contributed by atoms with Crippen LogP contribution in [-0.2, 0) is 11.3 Å². The first-order valence-electron chi connectivity index (χ1n) is 10.3. The number of aromatic nitrogens is 1. The van der Waals surface area contributed by atoms with E-state index in [1.807, 2.05) is 92.8 Å². The fourth-order valence-electron chi connectivity index (χ4n) is 3.65. The van der Waals surface area contributed by atoms with E-state index < -0.39 is 5.91 Å². The van der Waals surface area contributed by atoms with Gasteiger partial charge in [0.1, 0.15) is 11.6 Å². The summed E-state index contributed by atoms with van der Waals surface area (Å²) in [7, 11) is 0. The minimum atomic E-state index is -0.432. The second kappa shape index (κ2) is 9.13. The molecule has 0 saturated carbocycles. The Morgan fingerprint density at radius 1 is 1.06 bits per heavy atom. The lowest BCUT2D eigenvalue weighted by molar-refractivity contribution is -0.112. The molecule has 4 rings (SSSR count). The number of fused-ring (bicyclic) bond motifs is 1. The number of anilines is 1. The number of para-hydroxylation sites is 1. The molecule has 0 spiro atoms. The number of carbonyl (C=O) groups is 1. The van der Waals surface area contributed by atoms with Crippen molar-refractivity contribution < 1.29 is 4.79 Å². The number of aryl methyl sites for hydroxylation is 2. The van der Waals surface area contributed by atoms with Crippen molar-refractivity contribution in [2.45, 2.75) is 20.4 Å². The van der Waals surface area contributed by atoms with Crippen LogP contribution in [0.4, 0.5) is 5.69 Å². The highest BCUT2D eigenvalue weighted by atomic mass is 35.5. The minimum Gasteiger partial charge on any atom is -0.342 e. The Morgan fingerprint density at radius 2 is 1.81 bits per heavy atom. The molecule has 3 aromatic carbocycles. The summed E-state index contributed by atoms with van der Waals surface area (Å²) in [6.45, 7) is 4.59. The second-order valence-corrected chi connectivity index (χ2v) is 8.15. The van der Waals surface area contributed by atoms with E-state index in [9.17, 15) is 10.1 Å². The summed E-state index contributed by atoms with van der Waals surface area (Å²) in [5.41, 5.74) is 5.74. The van der Waals surface area contributed by atoms with E-state index in [1.54, 1.807) is 6.08 Å². The van der Waals surface area contributed by atoms with Crippen molar-refractivity contribution in [3.05, 3.63) is 106 Å². The van der Waals surface area contributed by atoms with Crippen molar-refractivity contribution in [1.29, 1.82) is 5.26 Å². The summed E-state index contributed by atoms with van der Waals surface area (Å²) in [4.78, 5) is 12.8. The van der Waals surface area contributed by atoms with E-state index in [0.717, 1.165) is 33.2 Å². The van der Waals surface area contributed by atoms with E-state index in [2.05, 4.69) is 9.88 Å². The highest BCUT2D eigenvalue weighted by Crippen LogP contribution is 2.26. The average Bonchev–Trinajstić information content (AvgIpc) is 3.13. The fraction of sp³-hybridized carbons (Fsp3) is 0.111. The first kappa shape index (κ1) is 21.4. The predicted octanol–water partition coefficient (Wildman–Crippen LogP) is 6.51. The molecule has 0 unspecified atom stereocenters. The van der Waals surface area contributed by atoms with Crippen molar-refractivity contribution in [3.8, 4) is 6.07 Å². The Labute approximate surface area is 192 Å². The molecule has 0 bridgehead atoms. The van der Waals surface area contributed by atoms with Crippen molar-refractivity contribution in [1.82, 2.24) is 4.57 Å². The molecule has 0 aliphatic carbocycles. The normalized spacial score (nSPS) is 11.4. The Balaban J connectivity index is 1.68. The molecule has 0 saturated heterocycles. The average molecular weight is 440 g/mol. The third-order valence-electron chi connectivity index (χ3n) is 5.55. The van der Waals surface area contributed by atoms with Crippen LogP contribution in [0.1, 0.15) is 22.3 Å². The predicted molar refractivity (Wildman–Crippen MR) is 131 cm³/mol. The zero-order valence-electron chi connectivity index (χ0n) is 17.9. The molecule has 0 atom stereocenters. The van der Waals surface area contributed by atoms with E-state index in [-0.39, 0.29) is 5.57 Å². The summed E-state index contributed by atoms with van der Waals surface area (Å²) in [6.07, 6.45) is 3.59. The number of carbonyl (C=O) groups excluding carboxylic acids is 1. The van der Waals surface area contributed by atoms with E-state index >= 15 is 0 Å².